The Balaban J connectivity index is 1.17. The monoisotopic (exact) mass is 595 g/mol. The molecule has 0 radical (unpaired) electrons. The molecule has 11 heteroatoms. The zero-order chi connectivity index (χ0) is 30.8. The number of anilines is 5. The second-order valence-electron chi connectivity index (χ2n) is 12.0. The van der Waals surface area contributed by atoms with Gasteiger partial charge in [-0.15, -0.1) is 0 Å². The van der Waals surface area contributed by atoms with Crippen LogP contribution in [0.4, 0.5) is 33.6 Å². The Morgan fingerprint density at radius 1 is 1.02 bits per heavy atom. The van der Waals surface area contributed by atoms with E-state index in [1.165, 1.54) is 5.69 Å². The number of piperazine rings is 1. The Hall–Kier alpha value is -4.48. The highest BCUT2D eigenvalue weighted by molar-refractivity contribution is 6.02. The van der Waals surface area contributed by atoms with Crippen LogP contribution >= 0.6 is 0 Å². The number of amides is 3. The van der Waals surface area contributed by atoms with Crippen LogP contribution in [0.1, 0.15) is 23.6 Å². The quantitative estimate of drug-likeness (QED) is 0.411. The highest BCUT2D eigenvalue weighted by Crippen LogP contribution is 2.41. The van der Waals surface area contributed by atoms with Crippen LogP contribution in [0.5, 0.6) is 0 Å². The number of para-hydroxylation sites is 1. The van der Waals surface area contributed by atoms with Gasteiger partial charge in [-0.2, -0.15) is 4.98 Å². The number of rotatable bonds is 7. The van der Waals surface area contributed by atoms with Crippen molar-refractivity contribution < 1.29 is 9.59 Å². The molecule has 1 fully saturated rings. The summed E-state index contributed by atoms with van der Waals surface area (Å²) >= 11 is 0. The van der Waals surface area contributed by atoms with Crippen molar-refractivity contribution in [2.45, 2.75) is 19.0 Å². The summed E-state index contributed by atoms with van der Waals surface area (Å²) in [7, 11) is 7.85. The van der Waals surface area contributed by atoms with E-state index in [9.17, 15) is 9.59 Å². The van der Waals surface area contributed by atoms with Gasteiger partial charge in [0.1, 0.15) is 5.82 Å². The molecule has 0 aliphatic carbocycles. The predicted molar refractivity (Wildman–Crippen MR) is 175 cm³/mol. The standard InChI is InChI=1S/C33H41N9O2/c1-37(2)16-7-10-30(43)41-17-15-29(27-8-5-6-9-28(27)41)42-23-24-22-34-32(36-31(24)39(4)33(42)44)35-25-11-13-26(14-12-25)40-20-18-38(3)19-21-40/h5-14,22,29H,15-21,23H2,1-4H3,(H,34,35,36)/b10-7+. The van der Waals surface area contributed by atoms with Gasteiger partial charge in [0.2, 0.25) is 5.95 Å². The molecule has 230 valence electrons. The topological polar surface area (TPSA) is 91.4 Å². The van der Waals surface area contributed by atoms with E-state index in [0.717, 1.165) is 48.7 Å². The summed E-state index contributed by atoms with van der Waals surface area (Å²) in [5, 5.41) is 3.30. The third-order valence-corrected chi connectivity index (χ3v) is 8.61. The number of nitrogens with zero attached hydrogens (tertiary/aromatic N) is 8. The highest BCUT2D eigenvalue weighted by Gasteiger charge is 2.38. The van der Waals surface area contributed by atoms with E-state index in [2.05, 4.69) is 39.3 Å². The smallest absolute Gasteiger partial charge is 0.326 e. The lowest BCUT2D eigenvalue weighted by Gasteiger charge is -2.43. The minimum absolute atomic E-state index is 0.0485. The van der Waals surface area contributed by atoms with E-state index in [1.54, 1.807) is 24.2 Å². The zero-order valence-electron chi connectivity index (χ0n) is 26.0. The molecule has 2 aromatic carbocycles. The number of urea groups is 1. The first-order chi connectivity index (χ1) is 21.3. The molecule has 1 saturated heterocycles. The summed E-state index contributed by atoms with van der Waals surface area (Å²) in [5.74, 6) is 1.00. The number of aromatic nitrogens is 2. The summed E-state index contributed by atoms with van der Waals surface area (Å²) < 4.78 is 0. The molecule has 0 bridgehead atoms. The number of carbonyl (C=O) groups is 2. The van der Waals surface area contributed by atoms with Crippen LogP contribution in [-0.4, -0.2) is 104 Å². The predicted octanol–water partition coefficient (Wildman–Crippen LogP) is 3.94. The number of hydrogen-bond acceptors (Lipinski definition) is 8. The van der Waals surface area contributed by atoms with E-state index >= 15 is 0 Å². The van der Waals surface area contributed by atoms with Crippen LogP contribution in [-0.2, 0) is 11.3 Å². The van der Waals surface area contributed by atoms with Gasteiger partial charge in [-0.1, -0.05) is 24.3 Å². The van der Waals surface area contributed by atoms with Gasteiger partial charge < -0.3 is 29.8 Å². The molecule has 0 spiro atoms. The van der Waals surface area contributed by atoms with Crippen molar-refractivity contribution in [2.24, 2.45) is 0 Å². The van der Waals surface area contributed by atoms with Gasteiger partial charge in [0.15, 0.2) is 0 Å². The third kappa shape index (κ3) is 6.11. The van der Waals surface area contributed by atoms with Gasteiger partial charge >= 0.3 is 6.03 Å². The molecule has 1 N–H and O–H groups in total. The second-order valence-corrected chi connectivity index (χ2v) is 12.0. The Kier molecular flexibility index (Phi) is 8.49. The molecule has 11 nitrogen and oxygen atoms in total. The number of hydrogen-bond donors (Lipinski definition) is 1. The summed E-state index contributed by atoms with van der Waals surface area (Å²) in [6.07, 6.45) is 5.96. The molecule has 3 aromatic rings. The number of carbonyl (C=O) groups excluding carboxylic acids is 2. The van der Waals surface area contributed by atoms with Crippen LogP contribution < -0.4 is 20.0 Å². The molecule has 3 amide bonds. The van der Waals surface area contributed by atoms with Gasteiger partial charge in [0, 0.05) is 81.2 Å². The maximum Gasteiger partial charge on any atom is 0.326 e. The number of likely N-dealkylation sites (N-methyl/N-ethyl adjacent to an activating group) is 2. The van der Waals surface area contributed by atoms with Gasteiger partial charge in [-0.25, -0.2) is 9.78 Å². The minimum atomic E-state index is -0.166. The lowest BCUT2D eigenvalue weighted by molar-refractivity contribution is -0.114. The molecule has 3 aliphatic heterocycles. The van der Waals surface area contributed by atoms with Crippen molar-refractivity contribution in [3.63, 3.8) is 0 Å². The molecule has 6 rings (SSSR count). The molecule has 1 aromatic heterocycles. The van der Waals surface area contributed by atoms with E-state index in [4.69, 9.17) is 4.98 Å². The molecule has 1 unspecified atom stereocenters. The lowest BCUT2D eigenvalue weighted by Crippen LogP contribution is -2.49. The Bertz CT molecular complexity index is 1530. The summed E-state index contributed by atoms with van der Waals surface area (Å²) in [4.78, 5) is 48.2. The fourth-order valence-corrected chi connectivity index (χ4v) is 6.14. The summed E-state index contributed by atoms with van der Waals surface area (Å²) in [6, 6.07) is 15.9. The number of fused-ring (bicyclic) bond motifs is 2. The van der Waals surface area contributed by atoms with Crippen LogP contribution in [0.3, 0.4) is 0 Å². The average Bonchev–Trinajstić information content (AvgIpc) is 3.03. The lowest BCUT2D eigenvalue weighted by atomic mass is 9.94. The van der Waals surface area contributed by atoms with E-state index in [1.807, 2.05) is 71.3 Å². The Labute approximate surface area is 259 Å². The second kappa shape index (κ2) is 12.6. The van der Waals surface area contributed by atoms with Crippen molar-refractivity contribution in [3.05, 3.63) is 78.0 Å². The minimum Gasteiger partial charge on any atom is -0.369 e. The molecule has 4 heterocycles. The van der Waals surface area contributed by atoms with Crippen LogP contribution in [0.15, 0.2) is 66.9 Å². The fraction of sp³-hybridized carbons (Fsp3) is 0.394. The third-order valence-electron chi connectivity index (χ3n) is 8.61. The van der Waals surface area contributed by atoms with Crippen LogP contribution in [0, 0.1) is 0 Å². The van der Waals surface area contributed by atoms with E-state index in [-0.39, 0.29) is 18.0 Å². The van der Waals surface area contributed by atoms with E-state index < -0.39 is 0 Å². The zero-order valence-corrected chi connectivity index (χ0v) is 26.0. The first-order valence-electron chi connectivity index (χ1n) is 15.2. The van der Waals surface area contributed by atoms with Gasteiger partial charge in [-0.05, 0) is 63.5 Å². The highest BCUT2D eigenvalue weighted by atomic mass is 16.2. The van der Waals surface area contributed by atoms with Crippen LogP contribution in [0.2, 0.25) is 0 Å². The van der Waals surface area contributed by atoms with Gasteiger partial charge in [-0.3, -0.25) is 9.69 Å². The van der Waals surface area contributed by atoms with Crippen molar-refractivity contribution in [1.82, 2.24) is 24.7 Å². The van der Waals surface area contributed by atoms with Crippen molar-refractivity contribution in [1.29, 1.82) is 0 Å². The average molecular weight is 596 g/mol. The van der Waals surface area contributed by atoms with E-state index in [0.29, 0.717) is 37.8 Å². The maximum absolute atomic E-state index is 13.8. The maximum atomic E-state index is 13.8. The van der Waals surface area contributed by atoms with Crippen molar-refractivity contribution >= 4 is 40.8 Å². The first-order valence-corrected chi connectivity index (χ1v) is 15.2. The Morgan fingerprint density at radius 3 is 2.52 bits per heavy atom. The van der Waals surface area contributed by atoms with Crippen molar-refractivity contribution in [2.75, 3.05) is 87.5 Å². The largest absolute Gasteiger partial charge is 0.369 e. The molecular weight excluding hydrogens is 554 g/mol. The van der Waals surface area contributed by atoms with Gasteiger partial charge in [0.25, 0.3) is 5.91 Å². The normalized spacial score (nSPS) is 19.0. The SMILES string of the molecule is CN(C)C/C=C/C(=O)N1CCC(N2Cc3cnc(Nc4ccc(N5CCN(C)CC5)cc4)nc3N(C)C2=O)c2ccccc21. The number of nitrogens with one attached hydrogen (secondary N) is 1. The molecule has 3 aliphatic rings. The van der Waals surface area contributed by atoms with Gasteiger partial charge in [0.05, 0.1) is 12.6 Å². The summed E-state index contributed by atoms with van der Waals surface area (Å²) in [5.41, 5.74) is 4.80. The molecular formula is C33H41N9O2. The van der Waals surface area contributed by atoms with Crippen molar-refractivity contribution in [3.8, 4) is 0 Å². The number of benzene rings is 2. The summed E-state index contributed by atoms with van der Waals surface area (Å²) in [6.45, 7) is 5.78. The Morgan fingerprint density at radius 2 is 1.77 bits per heavy atom. The molecule has 44 heavy (non-hydrogen) atoms. The first kappa shape index (κ1) is 29.6. The molecule has 0 saturated carbocycles. The van der Waals surface area contributed by atoms with Crippen LogP contribution in [0.25, 0.3) is 0 Å². The molecule has 1 atom stereocenters. The fourth-order valence-electron chi connectivity index (χ4n) is 6.14.